The lowest BCUT2D eigenvalue weighted by Gasteiger charge is -2.20. The fourth-order valence-electron chi connectivity index (χ4n) is 1.33. The van der Waals surface area contributed by atoms with Crippen LogP contribution in [0.1, 0.15) is 15.9 Å². The molecular formula is C11H8F5NO3. The van der Waals surface area contributed by atoms with E-state index < -0.39 is 35.2 Å². The van der Waals surface area contributed by atoms with Crippen LogP contribution < -0.4 is 5.32 Å². The van der Waals surface area contributed by atoms with Crippen LogP contribution in [0.15, 0.2) is 18.2 Å². The zero-order valence-corrected chi connectivity index (χ0v) is 9.89. The normalized spacial score (nSPS) is 12.1. The highest BCUT2D eigenvalue weighted by molar-refractivity contribution is 6.03. The monoisotopic (exact) mass is 297 g/mol. The Kier molecular flexibility index (Phi) is 4.02. The fourth-order valence-corrected chi connectivity index (χ4v) is 1.33. The van der Waals surface area contributed by atoms with Crippen LogP contribution in [0, 0.1) is 6.92 Å². The highest BCUT2D eigenvalue weighted by Gasteiger charge is 2.63. The minimum Gasteiger partial charge on any atom is -0.478 e. The number of hydrogen-bond acceptors (Lipinski definition) is 2. The van der Waals surface area contributed by atoms with Crippen molar-refractivity contribution in [2.24, 2.45) is 0 Å². The summed E-state index contributed by atoms with van der Waals surface area (Å²) in [4.78, 5) is 21.9. The number of aromatic carboxylic acids is 1. The third-order valence-electron chi connectivity index (χ3n) is 2.38. The molecule has 0 aromatic heterocycles. The first-order valence-corrected chi connectivity index (χ1v) is 5.07. The van der Waals surface area contributed by atoms with Crippen LogP contribution in [0.3, 0.4) is 0 Å². The highest BCUT2D eigenvalue weighted by Crippen LogP contribution is 2.36. The van der Waals surface area contributed by atoms with Crippen LogP contribution in [-0.2, 0) is 4.79 Å². The zero-order chi connectivity index (χ0) is 15.7. The maximum absolute atomic E-state index is 12.8. The van der Waals surface area contributed by atoms with Crippen molar-refractivity contribution in [2.75, 3.05) is 5.32 Å². The number of anilines is 1. The van der Waals surface area contributed by atoms with Gasteiger partial charge in [-0.25, -0.2) is 4.79 Å². The number of hydrogen-bond donors (Lipinski definition) is 2. The van der Waals surface area contributed by atoms with Crippen molar-refractivity contribution >= 4 is 17.6 Å². The third kappa shape index (κ3) is 2.86. The van der Waals surface area contributed by atoms with Gasteiger partial charge < -0.3 is 10.4 Å². The van der Waals surface area contributed by atoms with Crippen LogP contribution in [-0.4, -0.2) is 29.1 Å². The summed E-state index contributed by atoms with van der Waals surface area (Å²) in [6.45, 7) is 1.26. The average Bonchev–Trinajstić information content (AvgIpc) is 2.29. The van der Waals surface area contributed by atoms with Crippen molar-refractivity contribution in [3.8, 4) is 0 Å². The number of aryl methyl sites for hydroxylation is 1. The van der Waals surface area contributed by atoms with Gasteiger partial charge in [-0.2, -0.15) is 22.0 Å². The van der Waals surface area contributed by atoms with Crippen molar-refractivity contribution in [1.82, 2.24) is 0 Å². The van der Waals surface area contributed by atoms with E-state index in [-0.39, 0.29) is 5.56 Å². The number of rotatable bonds is 3. The van der Waals surface area contributed by atoms with Gasteiger partial charge in [-0.1, -0.05) is 12.1 Å². The molecule has 1 rings (SSSR count). The Morgan fingerprint density at radius 2 is 1.70 bits per heavy atom. The number of amides is 1. The SMILES string of the molecule is Cc1cccc(C(=O)O)c1NC(=O)C(F)(F)C(F)(F)F. The Hall–Kier alpha value is -2.19. The van der Waals surface area contributed by atoms with Gasteiger partial charge in [0.1, 0.15) is 0 Å². The predicted octanol–water partition coefficient (Wildman–Crippen LogP) is 2.83. The van der Waals surface area contributed by atoms with E-state index in [2.05, 4.69) is 0 Å². The zero-order valence-electron chi connectivity index (χ0n) is 9.89. The third-order valence-corrected chi connectivity index (χ3v) is 2.38. The number of carbonyl (C=O) groups is 2. The summed E-state index contributed by atoms with van der Waals surface area (Å²) in [7, 11) is 0. The van der Waals surface area contributed by atoms with Gasteiger partial charge in [0.2, 0.25) is 0 Å². The first kappa shape index (κ1) is 15.9. The molecule has 9 heteroatoms. The highest BCUT2D eigenvalue weighted by atomic mass is 19.4. The minimum atomic E-state index is -6.07. The molecule has 0 spiro atoms. The van der Waals surface area contributed by atoms with E-state index in [1.54, 1.807) is 0 Å². The van der Waals surface area contributed by atoms with Crippen molar-refractivity contribution in [3.63, 3.8) is 0 Å². The number of halogens is 5. The Bertz CT molecular complexity index is 553. The Morgan fingerprint density at radius 3 is 2.15 bits per heavy atom. The molecule has 0 aliphatic rings. The van der Waals surface area contributed by atoms with E-state index in [9.17, 15) is 31.5 Å². The van der Waals surface area contributed by atoms with Crippen LogP contribution in [0.25, 0.3) is 0 Å². The summed E-state index contributed by atoms with van der Waals surface area (Å²) >= 11 is 0. The molecule has 2 N–H and O–H groups in total. The Balaban J connectivity index is 3.18. The molecule has 20 heavy (non-hydrogen) atoms. The number of para-hydroxylation sites is 1. The second-order valence-electron chi connectivity index (χ2n) is 3.83. The molecule has 0 heterocycles. The molecule has 0 unspecified atom stereocenters. The Labute approximate surface area is 109 Å². The quantitative estimate of drug-likeness (QED) is 0.843. The number of benzene rings is 1. The van der Waals surface area contributed by atoms with Crippen molar-refractivity contribution in [2.45, 2.75) is 19.0 Å². The fraction of sp³-hybridized carbons (Fsp3) is 0.273. The molecule has 0 bridgehead atoms. The summed E-state index contributed by atoms with van der Waals surface area (Å²) in [5, 5.41) is 10.1. The van der Waals surface area contributed by atoms with Gasteiger partial charge in [0, 0.05) is 0 Å². The maximum atomic E-state index is 12.8. The second kappa shape index (κ2) is 5.06. The number of carboxylic acids is 1. The number of carbonyl (C=O) groups excluding carboxylic acids is 1. The molecule has 0 saturated carbocycles. The van der Waals surface area contributed by atoms with E-state index in [1.807, 2.05) is 0 Å². The first-order valence-electron chi connectivity index (χ1n) is 5.07. The number of carboxylic acid groups (broad SMARTS) is 1. The topological polar surface area (TPSA) is 66.4 Å². The molecule has 1 aromatic carbocycles. The predicted molar refractivity (Wildman–Crippen MR) is 57.8 cm³/mol. The summed E-state index contributed by atoms with van der Waals surface area (Å²) in [5.41, 5.74) is -1.15. The van der Waals surface area contributed by atoms with Gasteiger partial charge >= 0.3 is 24.0 Å². The second-order valence-corrected chi connectivity index (χ2v) is 3.83. The van der Waals surface area contributed by atoms with Crippen molar-refractivity contribution in [1.29, 1.82) is 0 Å². The molecule has 0 saturated heterocycles. The van der Waals surface area contributed by atoms with Crippen LogP contribution in [0.5, 0.6) is 0 Å². The first-order chi connectivity index (χ1) is 8.98. The lowest BCUT2D eigenvalue weighted by molar-refractivity contribution is -0.267. The molecular weight excluding hydrogens is 289 g/mol. The van der Waals surface area contributed by atoms with Crippen molar-refractivity contribution < 1.29 is 36.6 Å². The van der Waals surface area contributed by atoms with Crippen molar-refractivity contribution in [3.05, 3.63) is 29.3 Å². The van der Waals surface area contributed by atoms with E-state index in [1.165, 1.54) is 24.4 Å². The summed E-state index contributed by atoms with van der Waals surface area (Å²) in [5.74, 6) is -9.83. The van der Waals surface area contributed by atoms with E-state index in [0.29, 0.717) is 0 Å². The summed E-state index contributed by atoms with van der Waals surface area (Å²) in [6, 6.07) is 3.49. The Morgan fingerprint density at radius 1 is 1.15 bits per heavy atom. The average molecular weight is 297 g/mol. The molecule has 4 nitrogen and oxygen atoms in total. The summed E-state index contributed by atoms with van der Waals surface area (Å²) < 4.78 is 61.6. The molecule has 0 aliphatic heterocycles. The van der Waals surface area contributed by atoms with Gasteiger partial charge in [-0.3, -0.25) is 4.79 Å². The number of alkyl halides is 5. The molecule has 1 aromatic rings. The van der Waals surface area contributed by atoms with Gasteiger partial charge in [-0.05, 0) is 18.6 Å². The minimum absolute atomic E-state index is 0.0382. The van der Waals surface area contributed by atoms with Gasteiger partial charge in [0.25, 0.3) is 0 Å². The standard InChI is InChI=1S/C11H8F5NO3/c1-5-3-2-4-6(8(18)19)7(5)17-9(20)10(12,13)11(14,15)16/h2-4H,1H3,(H,17,20)(H,18,19). The van der Waals surface area contributed by atoms with Crippen LogP contribution >= 0.6 is 0 Å². The maximum Gasteiger partial charge on any atom is 0.463 e. The lowest BCUT2D eigenvalue weighted by atomic mass is 10.1. The molecule has 1 amide bonds. The van der Waals surface area contributed by atoms with E-state index >= 15 is 0 Å². The molecule has 0 atom stereocenters. The molecule has 110 valence electrons. The molecule has 0 fully saturated rings. The van der Waals surface area contributed by atoms with Crippen LogP contribution in [0.2, 0.25) is 0 Å². The smallest absolute Gasteiger partial charge is 0.463 e. The largest absolute Gasteiger partial charge is 0.478 e. The van der Waals surface area contributed by atoms with Gasteiger partial charge in [0.15, 0.2) is 0 Å². The van der Waals surface area contributed by atoms with Gasteiger partial charge in [0.05, 0.1) is 11.3 Å². The van der Waals surface area contributed by atoms with Crippen LogP contribution in [0.4, 0.5) is 27.6 Å². The van der Waals surface area contributed by atoms with Gasteiger partial charge in [-0.15, -0.1) is 0 Å². The van der Waals surface area contributed by atoms with E-state index in [0.717, 1.165) is 6.07 Å². The molecule has 0 aliphatic carbocycles. The summed E-state index contributed by atoms with van der Waals surface area (Å²) in [6.07, 6.45) is -6.07. The van der Waals surface area contributed by atoms with E-state index in [4.69, 9.17) is 5.11 Å². The molecule has 0 radical (unpaired) electrons. The number of nitrogens with one attached hydrogen (secondary N) is 1. The lowest BCUT2D eigenvalue weighted by Crippen LogP contribution is -2.47.